The highest BCUT2D eigenvalue weighted by Crippen LogP contribution is 2.28. The summed E-state index contributed by atoms with van der Waals surface area (Å²) in [6, 6.07) is 7.40. The van der Waals surface area contributed by atoms with E-state index in [9.17, 15) is 0 Å². The summed E-state index contributed by atoms with van der Waals surface area (Å²) >= 11 is 0. The van der Waals surface area contributed by atoms with Gasteiger partial charge in [0.15, 0.2) is 0 Å². The fourth-order valence-electron chi connectivity index (χ4n) is 2.82. The van der Waals surface area contributed by atoms with E-state index >= 15 is 0 Å². The van der Waals surface area contributed by atoms with E-state index in [-0.39, 0.29) is 6.04 Å². The van der Waals surface area contributed by atoms with Crippen molar-refractivity contribution in [3.63, 3.8) is 0 Å². The molecule has 0 saturated carbocycles. The second kappa shape index (κ2) is 6.59. The molecule has 1 heterocycles. The molecule has 1 aliphatic heterocycles. The van der Waals surface area contributed by atoms with Crippen molar-refractivity contribution in [2.45, 2.75) is 58.7 Å². The molecule has 112 valence electrons. The molecule has 1 aromatic carbocycles. The number of morpholine rings is 1. The molecule has 0 spiro atoms. The molecule has 20 heavy (non-hydrogen) atoms. The van der Waals surface area contributed by atoms with Gasteiger partial charge in [0.05, 0.1) is 12.7 Å². The van der Waals surface area contributed by atoms with Gasteiger partial charge in [0, 0.05) is 24.3 Å². The van der Waals surface area contributed by atoms with Crippen LogP contribution in [0.15, 0.2) is 18.2 Å². The van der Waals surface area contributed by atoms with E-state index in [1.807, 2.05) is 0 Å². The Hall–Kier alpha value is -1.06. The third kappa shape index (κ3) is 3.53. The van der Waals surface area contributed by atoms with Gasteiger partial charge in [-0.2, -0.15) is 0 Å². The fraction of sp³-hybridized carbons (Fsp3) is 0.647. The molecular formula is C17H28N2O. The van der Waals surface area contributed by atoms with Crippen LogP contribution >= 0.6 is 0 Å². The Morgan fingerprint density at radius 2 is 2.15 bits per heavy atom. The molecule has 2 rings (SSSR count). The van der Waals surface area contributed by atoms with Crippen LogP contribution in [0.4, 0.5) is 5.69 Å². The van der Waals surface area contributed by atoms with Crippen LogP contribution in [-0.2, 0) is 11.2 Å². The molecule has 2 N–H and O–H groups in total. The molecule has 3 heteroatoms. The molecule has 0 radical (unpaired) electrons. The van der Waals surface area contributed by atoms with Gasteiger partial charge in [0.25, 0.3) is 0 Å². The lowest BCUT2D eigenvalue weighted by Gasteiger charge is -2.39. The van der Waals surface area contributed by atoms with Crippen molar-refractivity contribution in [1.29, 1.82) is 0 Å². The van der Waals surface area contributed by atoms with Gasteiger partial charge in [0.1, 0.15) is 0 Å². The van der Waals surface area contributed by atoms with Crippen LogP contribution in [0.25, 0.3) is 0 Å². The Bertz CT molecular complexity index is 447. The van der Waals surface area contributed by atoms with E-state index < -0.39 is 0 Å². The van der Waals surface area contributed by atoms with Gasteiger partial charge in [-0.25, -0.2) is 0 Å². The Morgan fingerprint density at radius 3 is 2.85 bits per heavy atom. The molecular weight excluding hydrogens is 248 g/mol. The topological polar surface area (TPSA) is 38.5 Å². The summed E-state index contributed by atoms with van der Waals surface area (Å²) in [5.74, 6) is 0. The second-order valence-corrected chi connectivity index (χ2v) is 6.15. The fourth-order valence-corrected chi connectivity index (χ4v) is 2.82. The zero-order chi connectivity index (χ0) is 14.7. The summed E-state index contributed by atoms with van der Waals surface area (Å²) in [5.41, 5.74) is 10.2. The van der Waals surface area contributed by atoms with Crippen molar-refractivity contribution >= 4 is 5.69 Å². The van der Waals surface area contributed by atoms with Gasteiger partial charge in [-0.15, -0.1) is 0 Å². The molecule has 1 saturated heterocycles. The van der Waals surface area contributed by atoms with Gasteiger partial charge in [0.2, 0.25) is 0 Å². The molecule has 0 aromatic heterocycles. The third-order valence-electron chi connectivity index (χ3n) is 4.16. The van der Waals surface area contributed by atoms with Gasteiger partial charge in [-0.05, 0) is 45.2 Å². The minimum atomic E-state index is 0.240. The zero-order valence-electron chi connectivity index (χ0n) is 13.2. The standard InChI is InChI=1S/C17H28N2O/c1-5-16(18)9-15-8-12(2)6-7-17(15)19-10-14(4)20-11-13(19)3/h6-8,13-14,16H,5,9-11,18H2,1-4H3. The summed E-state index contributed by atoms with van der Waals surface area (Å²) in [6.07, 6.45) is 2.26. The Morgan fingerprint density at radius 1 is 1.40 bits per heavy atom. The predicted molar refractivity (Wildman–Crippen MR) is 85.4 cm³/mol. The zero-order valence-corrected chi connectivity index (χ0v) is 13.2. The number of rotatable bonds is 4. The first-order valence-corrected chi connectivity index (χ1v) is 7.74. The summed E-state index contributed by atoms with van der Waals surface area (Å²) in [5, 5.41) is 0. The average Bonchev–Trinajstić information content (AvgIpc) is 2.42. The van der Waals surface area contributed by atoms with E-state index in [0.29, 0.717) is 12.1 Å². The monoisotopic (exact) mass is 276 g/mol. The van der Waals surface area contributed by atoms with E-state index in [4.69, 9.17) is 10.5 Å². The lowest BCUT2D eigenvalue weighted by atomic mass is 9.99. The van der Waals surface area contributed by atoms with Crippen LogP contribution in [-0.4, -0.2) is 31.3 Å². The van der Waals surface area contributed by atoms with E-state index in [1.165, 1.54) is 16.8 Å². The first-order chi connectivity index (χ1) is 9.51. The molecule has 0 aliphatic carbocycles. The van der Waals surface area contributed by atoms with E-state index in [0.717, 1.165) is 26.0 Å². The summed E-state index contributed by atoms with van der Waals surface area (Å²) < 4.78 is 5.74. The van der Waals surface area contributed by atoms with Crippen LogP contribution in [0.2, 0.25) is 0 Å². The van der Waals surface area contributed by atoms with Gasteiger partial charge in [-0.3, -0.25) is 0 Å². The van der Waals surface area contributed by atoms with E-state index in [1.54, 1.807) is 0 Å². The van der Waals surface area contributed by atoms with Crippen LogP contribution in [0.3, 0.4) is 0 Å². The molecule has 1 aromatic rings. The Labute approximate surface area is 123 Å². The Kier molecular flexibility index (Phi) is 5.06. The molecule has 0 bridgehead atoms. The second-order valence-electron chi connectivity index (χ2n) is 6.15. The number of nitrogens with two attached hydrogens (primary N) is 1. The van der Waals surface area contributed by atoms with Crippen molar-refractivity contribution in [2.24, 2.45) is 5.73 Å². The number of anilines is 1. The summed E-state index contributed by atoms with van der Waals surface area (Å²) in [6.45, 7) is 10.4. The van der Waals surface area contributed by atoms with Crippen molar-refractivity contribution < 1.29 is 4.74 Å². The van der Waals surface area contributed by atoms with Gasteiger partial charge >= 0.3 is 0 Å². The first kappa shape index (κ1) is 15.3. The van der Waals surface area contributed by atoms with Crippen molar-refractivity contribution in [3.05, 3.63) is 29.3 Å². The first-order valence-electron chi connectivity index (χ1n) is 7.74. The maximum atomic E-state index is 6.17. The van der Waals surface area contributed by atoms with Crippen molar-refractivity contribution in [2.75, 3.05) is 18.1 Å². The molecule has 1 fully saturated rings. The van der Waals surface area contributed by atoms with Crippen LogP contribution in [0.5, 0.6) is 0 Å². The molecule has 3 nitrogen and oxygen atoms in total. The lowest BCUT2D eigenvalue weighted by Crippen LogP contribution is -2.48. The number of aryl methyl sites for hydroxylation is 1. The average molecular weight is 276 g/mol. The molecule has 3 unspecified atom stereocenters. The lowest BCUT2D eigenvalue weighted by molar-refractivity contribution is 0.0343. The van der Waals surface area contributed by atoms with Crippen LogP contribution < -0.4 is 10.6 Å². The Balaban J connectivity index is 2.29. The highest BCUT2D eigenvalue weighted by molar-refractivity contribution is 5.56. The summed E-state index contributed by atoms with van der Waals surface area (Å²) in [4.78, 5) is 2.48. The van der Waals surface area contributed by atoms with Crippen molar-refractivity contribution in [3.8, 4) is 0 Å². The largest absolute Gasteiger partial charge is 0.375 e. The number of benzene rings is 1. The minimum absolute atomic E-state index is 0.240. The smallest absolute Gasteiger partial charge is 0.0723 e. The molecule has 3 atom stereocenters. The van der Waals surface area contributed by atoms with Crippen LogP contribution in [0, 0.1) is 6.92 Å². The maximum Gasteiger partial charge on any atom is 0.0723 e. The number of hydrogen-bond donors (Lipinski definition) is 1. The van der Waals surface area contributed by atoms with E-state index in [2.05, 4.69) is 50.8 Å². The minimum Gasteiger partial charge on any atom is -0.375 e. The summed E-state index contributed by atoms with van der Waals surface area (Å²) in [7, 11) is 0. The van der Waals surface area contributed by atoms with Crippen LogP contribution in [0.1, 0.15) is 38.3 Å². The SMILES string of the molecule is CCC(N)Cc1cc(C)ccc1N1CC(C)OCC1C. The van der Waals surface area contributed by atoms with Gasteiger partial charge < -0.3 is 15.4 Å². The number of hydrogen-bond acceptors (Lipinski definition) is 3. The highest BCUT2D eigenvalue weighted by atomic mass is 16.5. The quantitative estimate of drug-likeness (QED) is 0.919. The normalized spacial score (nSPS) is 24.8. The predicted octanol–water partition coefficient (Wildman–Crippen LogP) is 2.89. The van der Waals surface area contributed by atoms with Gasteiger partial charge in [-0.1, -0.05) is 24.6 Å². The number of nitrogens with zero attached hydrogens (tertiary/aromatic N) is 1. The van der Waals surface area contributed by atoms with Crippen molar-refractivity contribution in [1.82, 2.24) is 0 Å². The molecule has 0 amide bonds. The number of ether oxygens (including phenoxy) is 1. The maximum absolute atomic E-state index is 6.17. The third-order valence-corrected chi connectivity index (χ3v) is 4.16. The highest BCUT2D eigenvalue weighted by Gasteiger charge is 2.25. The molecule has 1 aliphatic rings.